The van der Waals surface area contributed by atoms with Crippen molar-refractivity contribution in [3.05, 3.63) is 11.4 Å². The number of hydrogen-bond donors (Lipinski definition) is 0. The molecule has 0 saturated heterocycles. The molecule has 1 rings (SSSR count). The molecule has 0 bridgehead atoms. The quantitative estimate of drug-likeness (QED) is 0.427. The topological polar surface area (TPSA) is 26.3 Å². The Labute approximate surface area is 60.7 Å². The summed E-state index contributed by atoms with van der Waals surface area (Å²) >= 11 is 0. The summed E-state index contributed by atoms with van der Waals surface area (Å²) < 4.78 is 16.2. The minimum atomic E-state index is -2.43. The minimum absolute atomic E-state index is 0.572. The van der Waals surface area contributed by atoms with Gasteiger partial charge in [-0.05, 0) is 6.42 Å². The first kappa shape index (κ1) is 7.60. The van der Waals surface area contributed by atoms with Gasteiger partial charge in [0.15, 0.2) is 0 Å². The van der Waals surface area contributed by atoms with E-state index < -0.39 is 7.37 Å². The first-order valence-electron chi connectivity index (χ1n) is 3.03. The molecule has 1 unspecified atom stereocenters. The van der Waals surface area contributed by atoms with Crippen molar-refractivity contribution in [2.75, 3.05) is 13.3 Å². The molecule has 3 heteroatoms. The molecule has 1 aliphatic heterocycles. The first-order chi connectivity index (χ1) is 4.70. The Bertz CT molecular complexity index is 247. The van der Waals surface area contributed by atoms with Crippen molar-refractivity contribution in [2.45, 2.75) is 6.42 Å². The van der Waals surface area contributed by atoms with Crippen LogP contribution in [-0.2, 0) is 9.09 Å². The van der Waals surface area contributed by atoms with E-state index in [1.54, 1.807) is 5.82 Å². The molecule has 0 aromatic rings. The zero-order valence-corrected chi connectivity index (χ0v) is 6.73. The van der Waals surface area contributed by atoms with Crippen LogP contribution in [0.5, 0.6) is 0 Å². The molecule has 0 radical (unpaired) electrons. The lowest BCUT2D eigenvalue weighted by Crippen LogP contribution is -1.80. The van der Waals surface area contributed by atoms with Crippen molar-refractivity contribution >= 4 is 7.37 Å². The largest absolute Gasteiger partial charge is 0.329 e. The standard InChI is InChI=1S/C7H9O2P/c1-3-7-4-5-10(8,6-7)9-2/h1,6H,4-5H2,2H3. The Morgan fingerprint density at radius 2 is 2.60 bits per heavy atom. The number of allylic oxidation sites excluding steroid dienone is 1. The van der Waals surface area contributed by atoms with Crippen molar-refractivity contribution < 1.29 is 9.09 Å². The molecule has 0 spiro atoms. The monoisotopic (exact) mass is 156 g/mol. The third-order valence-corrected chi connectivity index (χ3v) is 3.71. The second-order valence-corrected chi connectivity index (χ2v) is 4.70. The van der Waals surface area contributed by atoms with Crippen molar-refractivity contribution in [3.63, 3.8) is 0 Å². The molecule has 1 heterocycles. The molecule has 0 aliphatic carbocycles. The predicted octanol–water partition coefficient (Wildman–Crippen LogP) is 1.83. The highest BCUT2D eigenvalue weighted by atomic mass is 31.2. The summed E-state index contributed by atoms with van der Waals surface area (Å²) in [5, 5.41) is 0. The molecule has 1 aliphatic rings. The normalized spacial score (nSPS) is 31.4. The molecular weight excluding hydrogens is 147 g/mol. The summed E-state index contributed by atoms with van der Waals surface area (Å²) in [5.41, 5.74) is 0.810. The van der Waals surface area contributed by atoms with Gasteiger partial charge in [-0.25, -0.2) is 0 Å². The van der Waals surface area contributed by atoms with E-state index in [1.165, 1.54) is 7.11 Å². The highest BCUT2D eigenvalue weighted by Crippen LogP contribution is 2.54. The Morgan fingerprint density at radius 1 is 1.90 bits per heavy atom. The van der Waals surface area contributed by atoms with Gasteiger partial charge in [0.1, 0.15) is 0 Å². The van der Waals surface area contributed by atoms with Gasteiger partial charge in [-0.3, -0.25) is 4.57 Å². The Balaban J connectivity index is 2.84. The maximum absolute atomic E-state index is 11.4. The van der Waals surface area contributed by atoms with Crippen molar-refractivity contribution in [3.8, 4) is 12.3 Å². The van der Waals surface area contributed by atoms with E-state index in [4.69, 9.17) is 10.9 Å². The lowest BCUT2D eigenvalue weighted by Gasteiger charge is -2.02. The lowest BCUT2D eigenvalue weighted by atomic mass is 10.3. The maximum Gasteiger partial charge on any atom is 0.226 e. The van der Waals surface area contributed by atoms with Crippen LogP contribution in [-0.4, -0.2) is 13.3 Å². The molecule has 0 aromatic carbocycles. The van der Waals surface area contributed by atoms with Gasteiger partial charge in [0.2, 0.25) is 7.37 Å². The van der Waals surface area contributed by atoms with Gasteiger partial charge in [-0.2, -0.15) is 0 Å². The lowest BCUT2D eigenvalue weighted by molar-refractivity contribution is 0.404. The summed E-state index contributed by atoms with van der Waals surface area (Å²) in [4.78, 5) is 0. The van der Waals surface area contributed by atoms with Crippen LogP contribution < -0.4 is 0 Å². The van der Waals surface area contributed by atoms with Crippen LogP contribution >= 0.6 is 7.37 Å². The van der Waals surface area contributed by atoms with E-state index in [9.17, 15) is 4.57 Å². The second kappa shape index (κ2) is 2.62. The fourth-order valence-corrected chi connectivity index (χ4v) is 2.54. The molecule has 1 atom stereocenters. The van der Waals surface area contributed by atoms with Gasteiger partial charge in [0, 0.05) is 24.7 Å². The Kier molecular flexibility index (Phi) is 1.99. The predicted molar refractivity (Wildman–Crippen MR) is 41.0 cm³/mol. The molecular formula is C7H9O2P. The van der Waals surface area contributed by atoms with Gasteiger partial charge in [0.25, 0.3) is 0 Å². The van der Waals surface area contributed by atoms with Crippen LogP contribution in [0.1, 0.15) is 6.42 Å². The molecule has 0 fully saturated rings. The molecule has 0 aromatic heterocycles. The molecule has 10 heavy (non-hydrogen) atoms. The van der Waals surface area contributed by atoms with Crippen LogP contribution in [0.15, 0.2) is 11.4 Å². The first-order valence-corrected chi connectivity index (χ1v) is 4.91. The molecule has 54 valence electrons. The average Bonchev–Trinajstić information content (AvgIpc) is 2.33. The smallest absolute Gasteiger partial charge is 0.226 e. The van der Waals surface area contributed by atoms with Crippen molar-refractivity contribution in [2.24, 2.45) is 0 Å². The molecule has 2 nitrogen and oxygen atoms in total. The average molecular weight is 156 g/mol. The fourth-order valence-electron chi connectivity index (χ4n) is 0.896. The van der Waals surface area contributed by atoms with E-state index in [-0.39, 0.29) is 0 Å². The van der Waals surface area contributed by atoms with Crippen molar-refractivity contribution in [1.82, 2.24) is 0 Å². The maximum atomic E-state index is 11.4. The van der Waals surface area contributed by atoms with E-state index in [2.05, 4.69) is 5.92 Å². The third kappa shape index (κ3) is 1.31. The third-order valence-electron chi connectivity index (χ3n) is 1.54. The Morgan fingerprint density at radius 3 is 2.90 bits per heavy atom. The fraction of sp³-hybridized carbons (Fsp3) is 0.429. The highest BCUT2D eigenvalue weighted by Gasteiger charge is 2.24. The summed E-state index contributed by atoms with van der Waals surface area (Å²) in [5.74, 6) is 4.05. The van der Waals surface area contributed by atoms with Crippen LogP contribution in [0.3, 0.4) is 0 Å². The van der Waals surface area contributed by atoms with Crippen LogP contribution in [0.25, 0.3) is 0 Å². The van der Waals surface area contributed by atoms with E-state index in [0.717, 1.165) is 12.0 Å². The molecule has 0 amide bonds. The van der Waals surface area contributed by atoms with E-state index >= 15 is 0 Å². The number of hydrogen-bond acceptors (Lipinski definition) is 2. The van der Waals surface area contributed by atoms with E-state index in [1.807, 2.05) is 0 Å². The number of terminal acetylenes is 1. The van der Waals surface area contributed by atoms with Gasteiger partial charge in [-0.1, -0.05) is 5.92 Å². The van der Waals surface area contributed by atoms with Gasteiger partial charge in [0.05, 0.1) is 0 Å². The summed E-state index contributed by atoms with van der Waals surface area (Å²) in [6.45, 7) is 0. The second-order valence-electron chi connectivity index (χ2n) is 2.18. The van der Waals surface area contributed by atoms with E-state index in [0.29, 0.717) is 6.16 Å². The molecule has 0 saturated carbocycles. The summed E-state index contributed by atoms with van der Waals surface area (Å²) in [6, 6.07) is 0. The van der Waals surface area contributed by atoms with Gasteiger partial charge < -0.3 is 4.52 Å². The van der Waals surface area contributed by atoms with Gasteiger partial charge >= 0.3 is 0 Å². The summed E-state index contributed by atoms with van der Waals surface area (Å²) in [7, 11) is -0.973. The molecule has 0 N–H and O–H groups in total. The Hall–Kier alpha value is -0.510. The SMILES string of the molecule is C#CC1=CP(=O)(OC)CC1. The van der Waals surface area contributed by atoms with Crippen LogP contribution in [0.2, 0.25) is 0 Å². The summed E-state index contributed by atoms with van der Waals surface area (Å²) in [6.07, 6.45) is 6.41. The van der Waals surface area contributed by atoms with Crippen LogP contribution in [0, 0.1) is 12.3 Å². The minimum Gasteiger partial charge on any atom is -0.329 e. The zero-order chi connectivity index (χ0) is 7.61. The highest BCUT2D eigenvalue weighted by molar-refractivity contribution is 7.62. The van der Waals surface area contributed by atoms with Gasteiger partial charge in [-0.15, -0.1) is 6.42 Å². The zero-order valence-electron chi connectivity index (χ0n) is 5.83. The number of rotatable bonds is 1. The van der Waals surface area contributed by atoms with Crippen molar-refractivity contribution in [1.29, 1.82) is 0 Å². The van der Waals surface area contributed by atoms with Crippen LogP contribution in [0.4, 0.5) is 0 Å².